The maximum atomic E-state index is 5.52. The Kier molecular flexibility index (Phi) is 3.64. The first-order valence-electron chi connectivity index (χ1n) is 7.41. The lowest BCUT2D eigenvalue weighted by atomic mass is 9.84. The van der Waals surface area contributed by atoms with E-state index >= 15 is 0 Å². The number of hydrogen-bond acceptors (Lipinski definition) is 1. The smallest absolute Gasteiger partial charge is 0.0488 e. The lowest BCUT2D eigenvalue weighted by molar-refractivity contribution is 0.455. The predicted octanol–water partition coefficient (Wildman–Crippen LogP) is 3.79. The summed E-state index contributed by atoms with van der Waals surface area (Å²) in [5.41, 5.74) is 9.91. The van der Waals surface area contributed by atoms with Gasteiger partial charge in [-0.15, -0.1) is 6.58 Å². The summed E-state index contributed by atoms with van der Waals surface area (Å²) in [4.78, 5) is 0. The van der Waals surface area contributed by atoms with E-state index in [9.17, 15) is 0 Å². The van der Waals surface area contributed by atoms with Crippen molar-refractivity contribution < 1.29 is 0 Å². The van der Waals surface area contributed by atoms with Gasteiger partial charge in [0.15, 0.2) is 0 Å². The summed E-state index contributed by atoms with van der Waals surface area (Å²) in [6.45, 7) is 4.76. The van der Waals surface area contributed by atoms with Crippen LogP contribution in [-0.2, 0) is 19.4 Å². The third kappa shape index (κ3) is 2.15. The topological polar surface area (TPSA) is 30.9 Å². The minimum atomic E-state index is 0.754. The molecule has 1 heterocycles. The van der Waals surface area contributed by atoms with Crippen LogP contribution in [0.15, 0.2) is 49.2 Å². The molecule has 0 radical (unpaired) electrons. The second-order valence-corrected chi connectivity index (χ2v) is 5.61. The molecular weight excluding hydrogens is 244 g/mol. The molecule has 1 unspecified atom stereocenters. The van der Waals surface area contributed by atoms with Crippen molar-refractivity contribution in [1.29, 1.82) is 0 Å². The monoisotopic (exact) mass is 266 g/mol. The van der Waals surface area contributed by atoms with Crippen molar-refractivity contribution in [1.82, 2.24) is 4.57 Å². The molecule has 20 heavy (non-hydrogen) atoms. The molecule has 0 spiro atoms. The predicted molar refractivity (Wildman–Crippen MR) is 85.6 cm³/mol. The Hall–Kier alpha value is -1.96. The van der Waals surface area contributed by atoms with E-state index in [1.165, 1.54) is 35.9 Å². The molecule has 2 nitrogen and oxygen atoms in total. The summed E-state index contributed by atoms with van der Waals surface area (Å²) in [6.07, 6.45) is 10.5. The quantitative estimate of drug-likeness (QED) is 0.839. The standard InChI is InChI=1S/C18H22N2/c1-2-6-14-9-10-18-16(13-14)15-7-3-4-8-17(15)20(18)12-5-11-19/h2-5,7-8,11,14H,1,6,9-10,12-13,19H2. The first-order valence-corrected chi connectivity index (χ1v) is 7.41. The Labute approximate surface area is 120 Å². The average molecular weight is 266 g/mol. The Bertz CT molecular complexity index is 649. The largest absolute Gasteiger partial charge is 0.405 e. The first kappa shape index (κ1) is 13.0. The minimum absolute atomic E-state index is 0.754. The summed E-state index contributed by atoms with van der Waals surface area (Å²) in [5, 5.41) is 1.42. The third-order valence-corrected chi connectivity index (χ3v) is 4.40. The molecule has 0 amide bonds. The molecule has 3 rings (SSSR count). The maximum Gasteiger partial charge on any atom is 0.0488 e. The highest BCUT2D eigenvalue weighted by molar-refractivity contribution is 5.86. The normalized spacial score (nSPS) is 18.5. The van der Waals surface area contributed by atoms with Gasteiger partial charge in [-0.2, -0.15) is 0 Å². The van der Waals surface area contributed by atoms with Crippen LogP contribution in [0.1, 0.15) is 24.1 Å². The van der Waals surface area contributed by atoms with Crippen molar-refractivity contribution >= 4 is 10.9 Å². The molecule has 0 saturated carbocycles. The van der Waals surface area contributed by atoms with Crippen molar-refractivity contribution in [2.24, 2.45) is 11.7 Å². The van der Waals surface area contributed by atoms with Crippen LogP contribution in [0.5, 0.6) is 0 Å². The van der Waals surface area contributed by atoms with Crippen LogP contribution < -0.4 is 5.73 Å². The lowest BCUT2D eigenvalue weighted by Crippen LogP contribution is -2.15. The van der Waals surface area contributed by atoms with Gasteiger partial charge in [0, 0.05) is 23.1 Å². The van der Waals surface area contributed by atoms with E-state index in [1.54, 1.807) is 11.8 Å². The zero-order chi connectivity index (χ0) is 13.9. The van der Waals surface area contributed by atoms with Gasteiger partial charge in [0.05, 0.1) is 0 Å². The number of rotatable bonds is 4. The van der Waals surface area contributed by atoms with Crippen LogP contribution in [0.4, 0.5) is 0 Å². The summed E-state index contributed by atoms with van der Waals surface area (Å²) >= 11 is 0. The van der Waals surface area contributed by atoms with Gasteiger partial charge >= 0.3 is 0 Å². The zero-order valence-corrected chi connectivity index (χ0v) is 11.9. The van der Waals surface area contributed by atoms with E-state index in [-0.39, 0.29) is 0 Å². The minimum Gasteiger partial charge on any atom is -0.405 e. The number of allylic oxidation sites excluding steroid dienone is 2. The molecule has 0 saturated heterocycles. The van der Waals surface area contributed by atoms with Gasteiger partial charge in [-0.3, -0.25) is 0 Å². The van der Waals surface area contributed by atoms with E-state index < -0.39 is 0 Å². The highest BCUT2D eigenvalue weighted by Crippen LogP contribution is 2.35. The van der Waals surface area contributed by atoms with Crippen molar-refractivity contribution in [3.63, 3.8) is 0 Å². The summed E-state index contributed by atoms with van der Waals surface area (Å²) < 4.78 is 2.43. The molecule has 104 valence electrons. The Morgan fingerprint density at radius 2 is 2.20 bits per heavy atom. The maximum absolute atomic E-state index is 5.52. The number of nitrogens with zero attached hydrogens (tertiary/aromatic N) is 1. The number of benzene rings is 1. The lowest BCUT2D eigenvalue weighted by Gasteiger charge is -2.22. The van der Waals surface area contributed by atoms with Crippen LogP contribution in [0.2, 0.25) is 0 Å². The van der Waals surface area contributed by atoms with Gasteiger partial charge in [0.25, 0.3) is 0 Å². The van der Waals surface area contributed by atoms with E-state index in [0.29, 0.717) is 0 Å². The fourth-order valence-corrected chi connectivity index (χ4v) is 3.48. The molecule has 2 N–H and O–H groups in total. The Balaban J connectivity index is 2.09. The number of para-hydroxylation sites is 1. The van der Waals surface area contributed by atoms with Crippen LogP contribution in [0.3, 0.4) is 0 Å². The number of fused-ring (bicyclic) bond motifs is 3. The van der Waals surface area contributed by atoms with Gasteiger partial charge in [0.1, 0.15) is 0 Å². The van der Waals surface area contributed by atoms with Crippen LogP contribution in [-0.4, -0.2) is 4.57 Å². The Morgan fingerprint density at radius 3 is 3.00 bits per heavy atom. The molecule has 1 aromatic carbocycles. The molecule has 0 bridgehead atoms. The summed E-state index contributed by atoms with van der Waals surface area (Å²) in [7, 11) is 0. The van der Waals surface area contributed by atoms with Crippen molar-refractivity contribution in [3.8, 4) is 0 Å². The van der Waals surface area contributed by atoms with Crippen molar-refractivity contribution in [2.75, 3.05) is 0 Å². The summed E-state index contributed by atoms with van der Waals surface area (Å²) in [5.74, 6) is 0.754. The average Bonchev–Trinajstić information content (AvgIpc) is 2.79. The van der Waals surface area contributed by atoms with Gasteiger partial charge < -0.3 is 10.3 Å². The number of nitrogens with two attached hydrogens (primary N) is 1. The third-order valence-electron chi connectivity index (χ3n) is 4.40. The van der Waals surface area contributed by atoms with Crippen molar-refractivity contribution in [2.45, 2.75) is 32.2 Å². The van der Waals surface area contributed by atoms with E-state index in [1.807, 2.05) is 6.08 Å². The highest BCUT2D eigenvalue weighted by atomic mass is 15.0. The molecule has 2 aromatic rings. The summed E-state index contributed by atoms with van der Waals surface area (Å²) in [6, 6.07) is 8.74. The van der Waals surface area contributed by atoms with Gasteiger partial charge in [0.2, 0.25) is 0 Å². The highest BCUT2D eigenvalue weighted by Gasteiger charge is 2.24. The van der Waals surface area contributed by atoms with Crippen LogP contribution >= 0.6 is 0 Å². The molecular formula is C18H22N2. The molecule has 1 atom stereocenters. The zero-order valence-electron chi connectivity index (χ0n) is 11.9. The van der Waals surface area contributed by atoms with Crippen molar-refractivity contribution in [3.05, 3.63) is 60.5 Å². The molecule has 2 heteroatoms. The number of aromatic nitrogens is 1. The van der Waals surface area contributed by atoms with Gasteiger partial charge in [-0.1, -0.05) is 24.3 Å². The number of hydrogen-bond donors (Lipinski definition) is 1. The fraction of sp³-hybridized carbons (Fsp3) is 0.333. The van der Waals surface area contributed by atoms with E-state index in [4.69, 9.17) is 5.73 Å². The molecule has 0 fully saturated rings. The molecule has 1 aromatic heterocycles. The SMILES string of the molecule is C=CCC1CCc2c(c3ccccc3n2CC=CN)C1. The van der Waals surface area contributed by atoms with Crippen LogP contribution in [0, 0.1) is 5.92 Å². The second-order valence-electron chi connectivity index (χ2n) is 5.61. The van der Waals surface area contributed by atoms with Crippen LogP contribution in [0.25, 0.3) is 10.9 Å². The van der Waals surface area contributed by atoms with E-state index in [0.717, 1.165) is 18.9 Å². The molecule has 0 aliphatic heterocycles. The second kappa shape index (κ2) is 5.58. The first-order chi connectivity index (χ1) is 9.85. The van der Waals surface area contributed by atoms with Gasteiger partial charge in [-0.05, 0) is 55.5 Å². The van der Waals surface area contributed by atoms with E-state index in [2.05, 4.69) is 41.5 Å². The van der Waals surface area contributed by atoms with Gasteiger partial charge in [-0.25, -0.2) is 0 Å². The molecule has 1 aliphatic carbocycles. The Morgan fingerprint density at radius 1 is 1.35 bits per heavy atom. The fourth-order valence-electron chi connectivity index (χ4n) is 3.48. The molecule has 1 aliphatic rings.